The fourth-order valence-corrected chi connectivity index (χ4v) is 2.87. The molecule has 1 fully saturated rings. The van der Waals surface area contributed by atoms with Gasteiger partial charge in [-0.25, -0.2) is 0 Å². The lowest BCUT2D eigenvalue weighted by molar-refractivity contribution is -0.163. The highest BCUT2D eigenvalue weighted by Gasteiger charge is 2.34. The molecule has 1 aliphatic heterocycles. The Hall–Kier alpha value is 0.650. The van der Waals surface area contributed by atoms with Crippen LogP contribution in [0.3, 0.4) is 0 Å². The first-order valence-corrected chi connectivity index (χ1v) is 7.69. The van der Waals surface area contributed by atoms with Crippen molar-refractivity contribution in [2.75, 3.05) is 17.6 Å². The maximum absolute atomic E-state index is 5.76. The van der Waals surface area contributed by atoms with E-state index in [9.17, 15) is 0 Å². The van der Waals surface area contributed by atoms with E-state index in [4.69, 9.17) is 9.47 Å². The SMILES string of the molecule is CCCCCCCC1(CCI)OCCO1. The molecule has 0 N–H and O–H groups in total. The standard InChI is InChI=1S/C12H23IO2/c1-2-3-4-5-6-7-12(8-9-13)14-10-11-15-12/h2-11H2,1H3. The minimum atomic E-state index is -0.215. The third-order valence-corrected chi connectivity index (χ3v) is 3.49. The number of hydrogen-bond donors (Lipinski definition) is 0. The summed E-state index contributed by atoms with van der Waals surface area (Å²) >= 11 is 2.40. The first-order valence-electron chi connectivity index (χ1n) is 6.17. The highest BCUT2D eigenvalue weighted by molar-refractivity contribution is 14.1. The summed E-state index contributed by atoms with van der Waals surface area (Å²) in [7, 11) is 0. The largest absolute Gasteiger partial charge is 0.348 e. The van der Waals surface area contributed by atoms with Crippen LogP contribution < -0.4 is 0 Å². The van der Waals surface area contributed by atoms with E-state index in [-0.39, 0.29) is 5.79 Å². The second-order valence-electron chi connectivity index (χ2n) is 4.21. The Bertz CT molecular complexity index is 156. The summed E-state index contributed by atoms with van der Waals surface area (Å²) < 4.78 is 12.6. The Morgan fingerprint density at radius 1 is 1.00 bits per heavy atom. The van der Waals surface area contributed by atoms with Crippen LogP contribution in [0.5, 0.6) is 0 Å². The third kappa shape index (κ3) is 5.00. The van der Waals surface area contributed by atoms with E-state index in [1.807, 2.05) is 0 Å². The van der Waals surface area contributed by atoms with Gasteiger partial charge in [0.05, 0.1) is 13.2 Å². The lowest BCUT2D eigenvalue weighted by Crippen LogP contribution is -2.30. The van der Waals surface area contributed by atoms with Gasteiger partial charge in [0.1, 0.15) is 0 Å². The van der Waals surface area contributed by atoms with Crippen molar-refractivity contribution in [3.8, 4) is 0 Å². The summed E-state index contributed by atoms with van der Waals surface area (Å²) in [5.74, 6) is -0.215. The van der Waals surface area contributed by atoms with Gasteiger partial charge < -0.3 is 9.47 Å². The van der Waals surface area contributed by atoms with Gasteiger partial charge in [0.25, 0.3) is 0 Å². The Kier molecular flexibility index (Phi) is 7.17. The maximum atomic E-state index is 5.76. The Morgan fingerprint density at radius 3 is 2.27 bits per heavy atom. The molecular weight excluding hydrogens is 303 g/mol. The monoisotopic (exact) mass is 326 g/mol. The zero-order valence-corrected chi connectivity index (χ0v) is 11.9. The Labute approximate surface area is 107 Å². The number of ether oxygens (including phenoxy) is 2. The molecule has 0 atom stereocenters. The van der Waals surface area contributed by atoms with Crippen LogP contribution in [0.1, 0.15) is 51.9 Å². The van der Waals surface area contributed by atoms with E-state index < -0.39 is 0 Å². The van der Waals surface area contributed by atoms with Crippen LogP contribution in [-0.4, -0.2) is 23.4 Å². The topological polar surface area (TPSA) is 18.5 Å². The predicted octanol–water partition coefficient (Wildman–Crippen LogP) is 3.92. The van der Waals surface area contributed by atoms with Crippen LogP contribution in [0, 0.1) is 0 Å². The van der Waals surface area contributed by atoms with Crippen molar-refractivity contribution in [3.05, 3.63) is 0 Å². The molecule has 0 aromatic heterocycles. The van der Waals surface area contributed by atoms with E-state index in [0.717, 1.165) is 30.5 Å². The molecule has 0 aromatic carbocycles. The molecule has 1 aliphatic rings. The molecule has 0 unspecified atom stereocenters. The molecule has 1 saturated heterocycles. The van der Waals surface area contributed by atoms with Gasteiger partial charge in [0.2, 0.25) is 0 Å². The second-order valence-corrected chi connectivity index (χ2v) is 5.29. The smallest absolute Gasteiger partial charge is 0.169 e. The average Bonchev–Trinajstić information content (AvgIpc) is 2.67. The first kappa shape index (κ1) is 13.7. The van der Waals surface area contributed by atoms with Crippen molar-refractivity contribution in [1.82, 2.24) is 0 Å². The number of alkyl halides is 1. The maximum Gasteiger partial charge on any atom is 0.169 e. The molecule has 2 nitrogen and oxygen atoms in total. The van der Waals surface area contributed by atoms with Gasteiger partial charge in [0, 0.05) is 17.3 Å². The van der Waals surface area contributed by atoms with Crippen molar-refractivity contribution in [2.24, 2.45) is 0 Å². The number of rotatable bonds is 8. The van der Waals surface area contributed by atoms with Crippen molar-refractivity contribution in [1.29, 1.82) is 0 Å². The summed E-state index contributed by atoms with van der Waals surface area (Å²) in [6.07, 6.45) is 8.73. The second kappa shape index (κ2) is 7.85. The van der Waals surface area contributed by atoms with E-state index >= 15 is 0 Å². The number of unbranched alkanes of at least 4 members (excludes halogenated alkanes) is 4. The van der Waals surface area contributed by atoms with Gasteiger partial charge in [-0.1, -0.05) is 55.2 Å². The Balaban J connectivity index is 2.14. The van der Waals surface area contributed by atoms with Crippen molar-refractivity contribution < 1.29 is 9.47 Å². The van der Waals surface area contributed by atoms with Gasteiger partial charge in [-0.3, -0.25) is 0 Å². The van der Waals surface area contributed by atoms with Gasteiger partial charge >= 0.3 is 0 Å². The fraction of sp³-hybridized carbons (Fsp3) is 1.00. The van der Waals surface area contributed by atoms with Crippen molar-refractivity contribution >= 4 is 22.6 Å². The molecule has 3 heteroatoms. The zero-order chi connectivity index (χ0) is 11.0. The van der Waals surface area contributed by atoms with Gasteiger partial charge in [-0.05, 0) is 6.42 Å². The molecule has 90 valence electrons. The molecule has 0 bridgehead atoms. The van der Waals surface area contributed by atoms with Gasteiger partial charge in [-0.2, -0.15) is 0 Å². The molecule has 0 spiro atoms. The summed E-state index contributed by atoms with van der Waals surface area (Å²) in [4.78, 5) is 0. The molecule has 1 heterocycles. The zero-order valence-electron chi connectivity index (χ0n) is 9.77. The van der Waals surface area contributed by atoms with E-state index in [2.05, 4.69) is 29.5 Å². The number of halogens is 1. The van der Waals surface area contributed by atoms with E-state index in [1.54, 1.807) is 0 Å². The van der Waals surface area contributed by atoms with E-state index in [1.165, 1.54) is 32.1 Å². The predicted molar refractivity (Wildman–Crippen MR) is 71.5 cm³/mol. The summed E-state index contributed by atoms with van der Waals surface area (Å²) in [6, 6.07) is 0. The van der Waals surface area contributed by atoms with Gasteiger partial charge in [0.15, 0.2) is 5.79 Å². The lowest BCUT2D eigenvalue weighted by atomic mass is 10.0. The molecule has 0 amide bonds. The van der Waals surface area contributed by atoms with E-state index in [0.29, 0.717) is 0 Å². The minimum Gasteiger partial charge on any atom is -0.348 e. The molecule has 1 rings (SSSR count). The lowest BCUT2D eigenvalue weighted by Gasteiger charge is -2.26. The van der Waals surface area contributed by atoms with Gasteiger partial charge in [-0.15, -0.1) is 0 Å². The van der Waals surface area contributed by atoms with Crippen LogP contribution in [-0.2, 0) is 9.47 Å². The van der Waals surface area contributed by atoms with Crippen LogP contribution in [0.2, 0.25) is 0 Å². The fourth-order valence-electron chi connectivity index (χ4n) is 2.05. The molecule has 0 radical (unpaired) electrons. The highest BCUT2D eigenvalue weighted by atomic mass is 127. The normalized spacial score (nSPS) is 19.6. The summed E-state index contributed by atoms with van der Waals surface area (Å²) in [5.41, 5.74) is 0. The van der Waals surface area contributed by atoms with Crippen molar-refractivity contribution in [3.63, 3.8) is 0 Å². The summed E-state index contributed by atoms with van der Waals surface area (Å²) in [5, 5.41) is 0. The molecular formula is C12H23IO2. The minimum absolute atomic E-state index is 0.215. The van der Waals surface area contributed by atoms with Crippen LogP contribution in [0.25, 0.3) is 0 Å². The molecule has 0 saturated carbocycles. The molecule has 0 aliphatic carbocycles. The Morgan fingerprint density at radius 2 is 1.67 bits per heavy atom. The van der Waals surface area contributed by atoms with Crippen molar-refractivity contribution in [2.45, 2.75) is 57.7 Å². The quantitative estimate of drug-likeness (QED) is 0.382. The van der Waals surface area contributed by atoms with Crippen LogP contribution >= 0.6 is 22.6 Å². The number of hydrogen-bond acceptors (Lipinski definition) is 2. The summed E-state index contributed by atoms with van der Waals surface area (Å²) in [6.45, 7) is 3.82. The third-order valence-electron chi connectivity index (χ3n) is 2.95. The van der Waals surface area contributed by atoms with Crippen LogP contribution in [0.15, 0.2) is 0 Å². The molecule has 0 aromatic rings. The molecule has 15 heavy (non-hydrogen) atoms. The van der Waals surface area contributed by atoms with Crippen LogP contribution in [0.4, 0.5) is 0 Å². The highest BCUT2D eigenvalue weighted by Crippen LogP contribution is 2.30. The first-order chi connectivity index (χ1) is 7.33. The average molecular weight is 326 g/mol.